The van der Waals surface area contributed by atoms with Crippen LogP contribution in [0.4, 0.5) is 0 Å². The van der Waals surface area contributed by atoms with Crippen molar-refractivity contribution < 1.29 is 13.3 Å². The van der Waals surface area contributed by atoms with Gasteiger partial charge in [-0.25, -0.2) is 19.0 Å². The molecule has 3 N–H and O–H groups in total. The van der Waals surface area contributed by atoms with Gasteiger partial charge in [0.2, 0.25) is 10.0 Å². The first kappa shape index (κ1) is 11.9. The fourth-order valence-corrected chi connectivity index (χ4v) is 3.29. The maximum absolute atomic E-state index is 11.5. The number of hydrogen-bond donors (Lipinski definition) is 2. The summed E-state index contributed by atoms with van der Waals surface area (Å²) in [6.07, 6.45) is 0. The van der Waals surface area contributed by atoms with E-state index in [-0.39, 0.29) is 17.4 Å². The molecule has 1 heterocycles. The number of rotatable bonds is 5. The Morgan fingerprint density at radius 2 is 2.29 bits per heavy atom. The van der Waals surface area contributed by atoms with Gasteiger partial charge in [0.15, 0.2) is 0 Å². The Kier molecular flexibility index (Phi) is 4.30. The third-order valence-corrected chi connectivity index (χ3v) is 4.51. The molecule has 0 spiro atoms. The first-order chi connectivity index (χ1) is 6.56. The molecule has 0 aliphatic rings. The van der Waals surface area contributed by atoms with Gasteiger partial charge in [0, 0.05) is 6.54 Å². The average Bonchev–Trinajstić information content (AvgIpc) is 2.53. The molecule has 1 aromatic heterocycles. The minimum Gasteiger partial charge on any atom is -0.303 e. The topological polar surface area (TPSA) is 81.4 Å². The third kappa shape index (κ3) is 3.19. The van der Waals surface area contributed by atoms with Crippen LogP contribution in [-0.4, -0.2) is 21.6 Å². The molecule has 0 unspecified atom stereocenters. The van der Waals surface area contributed by atoms with E-state index in [9.17, 15) is 8.42 Å². The fourth-order valence-electron chi connectivity index (χ4n) is 0.748. The maximum atomic E-state index is 11.5. The summed E-state index contributed by atoms with van der Waals surface area (Å²) < 4.78 is 25.8. The van der Waals surface area contributed by atoms with E-state index in [1.165, 1.54) is 12.1 Å². The molecular formula is C6H9ClN2O3S2. The molecule has 0 aromatic carbocycles. The zero-order chi connectivity index (χ0) is 10.6. The van der Waals surface area contributed by atoms with E-state index in [4.69, 9.17) is 17.5 Å². The SMILES string of the molecule is NOCCNS(=O)(=O)c1ccc(Cl)s1. The zero-order valence-electron chi connectivity index (χ0n) is 7.07. The first-order valence-corrected chi connectivity index (χ1v) is 6.31. The average molecular weight is 257 g/mol. The van der Waals surface area contributed by atoms with Gasteiger partial charge in [-0.2, -0.15) is 0 Å². The highest BCUT2D eigenvalue weighted by atomic mass is 35.5. The summed E-state index contributed by atoms with van der Waals surface area (Å²) in [7, 11) is -3.46. The Bertz CT molecular complexity index is 390. The van der Waals surface area contributed by atoms with E-state index in [2.05, 4.69) is 9.56 Å². The van der Waals surface area contributed by atoms with Crippen molar-refractivity contribution in [1.82, 2.24) is 4.72 Å². The summed E-state index contributed by atoms with van der Waals surface area (Å²) in [6, 6.07) is 2.97. The van der Waals surface area contributed by atoms with Crippen molar-refractivity contribution in [2.75, 3.05) is 13.2 Å². The minimum absolute atomic E-state index is 0.123. The van der Waals surface area contributed by atoms with E-state index < -0.39 is 10.0 Å². The molecule has 0 saturated heterocycles. The van der Waals surface area contributed by atoms with Crippen LogP contribution in [0.5, 0.6) is 0 Å². The Labute approximate surface area is 90.8 Å². The van der Waals surface area contributed by atoms with Gasteiger partial charge in [0.1, 0.15) is 4.21 Å². The van der Waals surface area contributed by atoms with Crippen LogP contribution in [0, 0.1) is 0 Å². The van der Waals surface area contributed by atoms with Gasteiger partial charge in [0.25, 0.3) is 0 Å². The second kappa shape index (κ2) is 5.06. The van der Waals surface area contributed by atoms with E-state index in [1.807, 2.05) is 0 Å². The van der Waals surface area contributed by atoms with Crippen LogP contribution in [0.15, 0.2) is 16.3 Å². The van der Waals surface area contributed by atoms with Crippen molar-refractivity contribution in [3.8, 4) is 0 Å². The van der Waals surface area contributed by atoms with Crippen LogP contribution in [0.3, 0.4) is 0 Å². The van der Waals surface area contributed by atoms with Crippen LogP contribution in [0.25, 0.3) is 0 Å². The fraction of sp³-hybridized carbons (Fsp3) is 0.333. The molecule has 0 aliphatic carbocycles. The van der Waals surface area contributed by atoms with Gasteiger partial charge in [-0.15, -0.1) is 11.3 Å². The summed E-state index contributed by atoms with van der Waals surface area (Å²) in [5, 5.41) is 0. The summed E-state index contributed by atoms with van der Waals surface area (Å²) >= 11 is 6.60. The second-order valence-electron chi connectivity index (χ2n) is 2.33. The Hall–Kier alpha value is -0.180. The molecule has 0 fully saturated rings. The van der Waals surface area contributed by atoms with Crippen LogP contribution in [-0.2, 0) is 14.9 Å². The summed E-state index contributed by atoms with van der Waals surface area (Å²) in [5.74, 6) is 4.75. The van der Waals surface area contributed by atoms with Crippen LogP contribution < -0.4 is 10.6 Å². The molecule has 0 saturated carbocycles. The normalized spacial score (nSPS) is 11.9. The zero-order valence-corrected chi connectivity index (χ0v) is 9.45. The molecular weight excluding hydrogens is 248 g/mol. The van der Waals surface area contributed by atoms with Crippen LogP contribution in [0.2, 0.25) is 4.34 Å². The Morgan fingerprint density at radius 1 is 1.57 bits per heavy atom. The van der Waals surface area contributed by atoms with Gasteiger partial charge in [-0.05, 0) is 12.1 Å². The summed E-state index contributed by atoms with van der Waals surface area (Å²) in [6.45, 7) is 0.257. The van der Waals surface area contributed by atoms with Crippen molar-refractivity contribution >= 4 is 33.0 Å². The van der Waals surface area contributed by atoms with Crippen LogP contribution in [0.1, 0.15) is 0 Å². The highest BCUT2D eigenvalue weighted by Gasteiger charge is 2.15. The minimum atomic E-state index is -3.46. The van der Waals surface area contributed by atoms with E-state index in [1.54, 1.807) is 0 Å². The molecule has 14 heavy (non-hydrogen) atoms. The standard InChI is InChI=1S/C6H9ClN2O3S2/c7-5-1-2-6(13-5)14(10,11)9-3-4-12-8/h1-2,9H,3-4,8H2. The predicted octanol–water partition coefficient (Wildman–Crippen LogP) is 0.570. The van der Waals surface area contributed by atoms with E-state index in [0.29, 0.717) is 4.34 Å². The smallest absolute Gasteiger partial charge is 0.250 e. The molecule has 1 aromatic rings. The quantitative estimate of drug-likeness (QED) is 0.596. The molecule has 0 aliphatic heterocycles. The van der Waals surface area contributed by atoms with Crippen molar-refractivity contribution in [2.45, 2.75) is 4.21 Å². The molecule has 80 valence electrons. The van der Waals surface area contributed by atoms with Crippen LogP contribution >= 0.6 is 22.9 Å². The monoisotopic (exact) mass is 256 g/mol. The molecule has 5 nitrogen and oxygen atoms in total. The summed E-state index contributed by atoms with van der Waals surface area (Å²) in [5.41, 5.74) is 0. The lowest BCUT2D eigenvalue weighted by Gasteiger charge is -2.02. The molecule has 0 amide bonds. The van der Waals surface area contributed by atoms with E-state index in [0.717, 1.165) is 11.3 Å². The third-order valence-electron chi connectivity index (χ3n) is 1.33. The number of thiophene rings is 1. The van der Waals surface area contributed by atoms with Crippen molar-refractivity contribution in [2.24, 2.45) is 5.90 Å². The highest BCUT2D eigenvalue weighted by Crippen LogP contribution is 2.24. The first-order valence-electron chi connectivity index (χ1n) is 3.63. The predicted molar refractivity (Wildman–Crippen MR) is 54.7 cm³/mol. The number of sulfonamides is 1. The number of halogens is 1. The lowest BCUT2D eigenvalue weighted by atomic mass is 10.7. The lowest BCUT2D eigenvalue weighted by Crippen LogP contribution is -2.27. The molecule has 8 heteroatoms. The molecule has 0 atom stereocenters. The maximum Gasteiger partial charge on any atom is 0.250 e. The van der Waals surface area contributed by atoms with Gasteiger partial charge >= 0.3 is 0 Å². The number of nitrogens with one attached hydrogen (secondary N) is 1. The second-order valence-corrected chi connectivity index (χ2v) is 6.04. The molecule has 0 radical (unpaired) electrons. The van der Waals surface area contributed by atoms with Gasteiger partial charge in [0.05, 0.1) is 10.9 Å². The van der Waals surface area contributed by atoms with Gasteiger partial charge in [-0.3, -0.25) is 0 Å². The number of nitrogens with two attached hydrogens (primary N) is 1. The summed E-state index contributed by atoms with van der Waals surface area (Å²) in [4.78, 5) is 4.23. The Balaban J connectivity index is 2.66. The largest absolute Gasteiger partial charge is 0.303 e. The number of hydrogen-bond acceptors (Lipinski definition) is 5. The molecule has 1 rings (SSSR count). The van der Waals surface area contributed by atoms with Gasteiger partial charge < -0.3 is 4.84 Å². The van der Waals surface area contributed by atoms with Crippen molar-refractivity contribution in [3.05, 3.63) is 16.5 Å². The van der Waals surface area contributed by atoms with Gasteiger partial charge in [-0.1, -0.05) is 11.6 Å². The van der Waals surface area contributed by atoms with Crippen molar-refractivity contribution in [3.63, 3.8) is 0 Å². The highest BCUT2D eigenvalue weighted by molar-refractivity contribution is 7.91. The molecule has 0 bridgehead atoms. The van der Waals surface area contributed by atoms with Crippen molar-refractivity contribution in [1.29, 1.82) is 0 Å². The van der Waals surface area contributed by atoms with E-state index >= 15 is 0 Å². The Morgan fingerprint density at radius 3 is 2.79 bits per heavy atom. The lowest BCUT2D eigenvalue weighted by molar-refractivity contribution is 0.143.